The molecule has 0 amide bonds. The van der Waals surface area contributed by atoms with Crippen LogP contribution < -0.4 is 14.2 Å². The normalized spacial score (nSPS) is 9.95. The highest BCUT2D eigenvalue weighted by Crippen LogP contribution is 2.41. The maximum absolute atomic E-state index is 12.0. The molecular weight excluding hydrogens is 248 g/mol. The van der Waals surface area contributed by atoms with E-state index in [1.807, 2.05) is 0 Å². The van der Waals surface area contributed by atoms with Crippen molar-refractivity contribution in [2.45, 2.75) is 20.3 Å². The van der Waals surface area contributed by atoms with Crippen molar-refractivity contribution in [2.75, 3.05) is 21.3 Å². The highest BCUT2D eigenvalue weighted by molar-refractivity contribution is 6.44. The van der Waals surface area contributed by atoms with Gasteiger partial charge >= 0.3 is 0 Å². The molecule has 104 valence electrons. The Kier molecular flexibility index (Phi) is 4.92. The van der Waals surface area contributed by atoms with Crippen LogP contribution in [0.2, 0.25) is 0 Å². The molecule has 0 atom stereocenters. The second-order valence-electron chi connectivity index (χ2n) is 3.92. The number of benzene rings is 1. The molecule has 0 saturated heterocycles. The van der Waals surface area contributed by atoms with Crippen molar-refractivity contribution in [3.05, 3.63) is 17.2 Å². The van der Waals surface area contributed by atoms with Crippen LogP contribution >= 0.6 is 0 Å². The maximum atomic E-state index is 12.0. The lowest BCUT2D eigenvalue weighted by molar-refractivity contribution is -0.114. The Morgan fingerprint density at radius 2 is 1.63 bits per heavy atom. The van der Waals surface area contributed by atoms with Gasteiger partial charge in [0.25, 0.3) is 0 Å². The van der Waals surface area contributed by atoms with Crippen LogP contribution in [0.3, 0.4) is 0 Å². The molecule has 0 saturated carbocycles. The monoisotopic (exact) mass is 266 g/mol. The molecular formula is C14H18O5. The van der Waals surface area contributed by atoms with Gasteiger partial charge in [-0.2, -0.15) is 0 Å². The van der Waals surface area contributed by atoms with E-state index in [-0.39, 0.29) is 12.0 Å². The quantitative estimate of drug-likeness (QED) is 0.583. The average molecular weight is 266 g/mol. The van der Waals surface area contributed by atoms with E-state index in [2.05, 4.69) is 0 Å². The van der Waals surface area contributed by atoms with E-state index in [9.17, 15) is 9.59 Å². The molecule has 0 heterocycles. The van der Waals surface area contributed by atoms with Crippen LogP contribution in [0.4, 0.5) is 0 Å². The minimum absolute atomic E-state index is 0.162. The van der Waals surface area contributed by atoms with Crippen molar-refractivity contribution >= 4 is 11.6 Å². The van der Waals surface area contributed by atoms with Crippen LogP contribution in [-0.4, -0.2) is 32.9 Å². The third kappa shape index (κ3) is 2.70. The van der Waals surface area contributed by atoms with Gasteiger partial charge in [-0.25, -0.2) is 0 Å². The first-order valence-corrected chi connectivity index (χ1v) is 5.88. The summed E-state index contributed by atoms with van der Waals surface area (Å²) in [5, 5.41) is 0. The predicted octanol–water partition coefficient (Wildman–Crippen LogP) is 2.18. The Balaban J connectivity index is 3.50. The number of hydrogen-bond donors (Lipinski definition) is 0. The molecule has 19 heavy (non-hydrogen) atoms. The van der Waals surface area contributed by atoms with E-state index in [0.29, 0.717) is 22.8 Å². The van der Waals surface area contributed by atoms with Gasteiger partial charge in [0.15, 0.2) is 11.5 Å². The average Bonchev–Trinajstić information content (AvgIpc) is 2.44. The highest BCUT2D eigenvalue weighted by Gasteiger charge is 2.24. The molecule has 0 radical (unpaired) electrons. The summed E-state index contributed by atoms with van der Waals surface area (Å²) in [5.41, 5.74) is 0.841. The minimum Gasteiger partial charge on any atom is -0.493 e. The summed E-state index contributed by atoms with van der Waals surface area (Å²) in [5.74, 6) is 0.172. The molecule has 0 aliphatic heterocycles. The summed E-state index contributed by atoms with van der Waals surface area (Å²) in [6, 6.07) is 1.51. The van der Waals surface area contributed by atoms with Crippen molar-refractivity contribution in [3.8, 4) is 17.2 Å². The van der Waals surface area contributed by atoms with E-state index in [1.54, 1.807) is 13.8 Å². The van der Waals surface area contributed by atoms with Crippen LogP contribution in [0, 0.1) is 6.92 Å². The molecule has 1 rings (SSSR count). The third-order valence-corrected chi connectivity index (χ3v) is 2.90. The second-order valence-corrected chi connectivity index (χ2v) is 3.92. The van der Waals surface area contributed by atoms with E-state index in [1.165, 1.54) is 27.4 Å². The first-order chi connectivity index (χ1) is 9.01. The first kappa shape index (κ1) is 15.0. The smallest absolute Gasteiger partial charge is 0.229 e. The zero-order valence-corrected chi connectivity index (χ0v) is 11.8. The fourth-order valence-corrected chi connectivity index (χ4v) is 1.85. The molecule has 0 spiro atoms. The third-order valence-electron chi connectivity index (χ3n) is 2.90. The van der Waals surface area contributed by atoms with Crippen LogP contribution in [0.15, 0.2) is 6.07 Å². The van der Waals surface area contributed by atoms with Gasteiger partial charge in [-0.3, -0.25) is 9.59 Å². The van der Waals surface area contributed by atoms with E-state index >= 15 is 0 Å². The number of carbonyl (C=O) groups is 2. The highest BCUT2D eigenvalue weighted by atomic mass is 16.5. The number of methoxy groups -OCH3 is 3. The molecule has 0 fully saturated rings. The maximum Gasteiger partial charge on any atom is 0.229 e. The van der Waals surface area contributed by atoms with E-state index in [4.69, 9.17) is 14.2 Å². The zero-order chi connectivity index (χ0) is 14.6. The topological polar surface area (TPSA) is 61.8 Å². The van der Waals surface area contributed by atoms with Gasteiger partial charge in [0.1, 0.15) is 0 Å². The van der Waals surface area contributed by atoms with Crippen LogP contribution in [0.1, 0.15) is 29.3 Å². The molecule has 5 nitrogen and oxygen atoms in total. The molecule has 0 aliphatic rings. The summed E-state index contributed by atoms with van der Waals surface area (Å²) in [6.45, 7) is 3.35. The Morgan fingerprint density at radius 3 is 2.05 bits per heavy atom. The standard InChI is InChI=1S/C14H18O5/c1-6-10(15)12(16)9-7-11(17-3)14(19-5)13(18-4)8(9)2/h7H,6H2,1-5H3. The Labute approximate surface area is 112 Å². The van der Waals surface area contributed by atoms with Gasteiger partial charge in [-0.15, -0.1) is 0 Å². The summed E-state index contributed by atoms with van der Waals surface area (Å²) in [7, 11) is 4.42. The minimum atomic E-state index is -0.542. The van der Waals surface area contributed by atoms with Gasteiger partial charge in [-0.05, 0) is 13.0 Å². The molecule has 0 aliphatic carbocycles. The van der Waals surface area contributed by atoms with Gasteiger partial charge < -0.3 is 14.2 Å². The van der Waals surface area contributed by atoms with Crippen molar-refractivity contribution in [1.82, 2.24) is 0 Å². The fraction of sp³-hybridized carbons (Fsp3) is 0.429. The first-order valence-electron chi connectivity index (χ1n) is 5.88. The summed E-state index contributed by atoms with van der Waals surface area (Å²) in [6.07, 6.45) is 0.162. The van der Waals surface area contributed by atoms with Crippen LogP contribution in [0.5, 0.6) is 17.2 Å². The molecule has 5 heteroatoms. The molecule has 0 unspecified atom stereocenters. The molecule has 1 aromatic rings. The number of Topliss-reactive ketones (excluding diaryl/α,β-unsaturated/α-hetero) is 2. The predicted molar refractivity (Wildman–Crippen MR) is 70.5 cm³/mol. The lowest BCUT2D eigenvalue weighted by Gasteiger charge is -2.16. The van der Waals surface area contributed by atoms with E-state index < -0.39 is 11.6 Å². The fourth-order valence-electron chi connectivity index (χ4n) is 1.85. The number of carbonyl (C=O) groups excluding carboxylic acids is 2. The lowest BCUT2D eigenvalue weighted by Crippen LogP contribution is -2.15. The number of ketones is 2. The SMILES string of the molecule is CCC(=O)C(=O)c1cc(OC)c(OC)c(OC)c1C. The number of hydrogen-bond acceptors (Lipinski definition) is 5. The largest absolute Gasteiger partial charge is 0.493 e. The van der Waals surface area contributed by atoms with Gasteiger partial charge in [0.2, 0.25) is 17.3 Å². The van der Waals surface area contributed by atoms with Crippen LogP contribution in [0.25, 0.3) is 0 Å². The Hall–Kier alpha value is -2.04. The van der Waals surface area contributed by atoms with Gasteiger partial charge in [-0.1, -0.05) is 6.92 Å². The Bertz CT molecular complexity index is 505. The molecule has 1 aromatic carbocycles. The number of rotatable bonds is 6. The summed E-state index contributed by atoms with van der Waals surface area (Å²) >= 11 is 0. The Morgan fingerprint density at radius 1 is 1.05 bits per heavy atom. The van der Waals surface area contributed by atoms with Gasteiger partial charge in [0.05, 0.1) is 21.3 Å². The van der Waals surface area contributed by atoms with E-state index in [0.717, 1.165) is 0 Å². The van der Waals surface area contributed by atoms with Crippen molar-refractivity contribution in [3.63, 3.8) is 0 Å². The molecule has 0 N–H and O–H groups in total. The van der Waals surface area contributed by atoms with Crippen molar-refractivity contribution < 1.29 is 23.8 Å². The second kappa shape index (κ2) is 6.22. The lowest BCUT2D eigenvalue weighted by atomic mass is 9.99. The molecule has 0 aromatic heterocycles. The summed E-state index contributed by atoms with van der Waals surface area (Å²) < 4.78 is 15.6. The molecule has 0 bridgehead atoms. The van der Waals surface area contributed by atoms with Crippen LogP contribution in [-0.2, 0) is 4.79 Å². The van der Waals surface area contributed by atoms with Gasteiger partial charge in [0, 0.05) is 17.5 Å². The summed E-state index contributed by atoms with van der Waals surface area (Å²) in [4.78, 5) is 23.6. The number of ether oxygens (including phenoxy) is 3. The van der Waals surface area contributed by atoms with Crippen molar-refractivity contribution in [2.24, 2.45) is 0 Å². The van der Waals surface area contributed by atoms with Crippen molar-refractivity contribution in [1.29, 1.82) is 0 Å². The zero-order valence-electron chi connectivity index (χ0n) is 11.8.